The molecule has 0 spiro atoms. The number of hydrogen-bond acceptors (Lipinski definition) is 7. The van der Waals surface area contributed by atoms with Crippen LogP contribution in [0.25, 0.3) is 22.0 Å². The number of fused-ring (bicyclic) bond motifs is 1. The summed E-state index contributed by atoms with van der Waals surface area (Å²) in [6.07, 6.45) is 3.06. The molecule has 182 valence electrons. The molecule has 0 aliphatic carbocycles. The van der Waals surface area contributed by atoms with Gasteiger partial charge in [-0.05, 0) is 48.0 Å². The van der Waals surface area contributed by atoms with Crippen LogP contribution >= 0.6 is 0 Å². The summed E-state index contributed by atoms with van der Waals surface area (Å²) in [5, 5.41) is 7.05. The van der Waals surface area contributed by atoms with Crippen molar-refractivity contribution in [3.05, 3.63) is 85.6 Å². The summed E-state index contributed by atoms with van der Waals surface area (Å²) in [5.74, 6) is 0.252. The fourth-order valence-electron chi connectivity index (χ4n) is 4.36. The van der Waals surface area contributed by atoms with Crippen molar-refractivity contribution in [3.63, 3.8) is 0 Å². The van der Waals surface area contributed by atoms with Gasteiger partial charge < -0.3 is 26.0 Å². The van der Waals surface area contributed by atoms with Crippen LogP contribution in [0.4, 0.5) is 23.0 Å². The van der Waals surface area contributed by atoms with Crippen LogP contribution in [0.2, 0.25) is 0 Å². The fraction of sp³-hybridized carbons (Fsp3) is 0.179. The maximum absolute atomic E-state index is 11.7. The molecule has 8 heteroatoms. The van der Waals surface area contributed by atoms with Crippen molar-refractivity contribution >= 4 is 39.8 Å². The van der Waals surface area contributed by atoms with E-state index in [0.29, 0.717) is 31.4 Å². The zero-order valence-electron chi connectivity index (χ0n) is 19.9. The molecule has 1 aliphatic heterocycles. The van der Waals surface area contributed by atoms with Crippen molar-refractivity contribution in [1.82, 2.24) is 9.97 Å². The normalized spacial score (nSPS) is 15.5. The Morgan fingerprint density at radius 3 is 2.78 bits per heavy atom. The van der Waals surface area contributed by atoms with Gasteiger partial charge >= 0.3 is 0 Å². The van der Waals surface area contributed by atoms with Crippen LogP contribution in [0.5, 0.6) is 0 Å². The number of hydrogen-bond donors (Lipinski definition) is 3. The largest absolute Gasteiger partial charge is 0.377 e. The van der Waals surface area contributed by atoms with Gasteiger partial charge in [0.2, 0.25) is 11.9 Å². The first-order valence-corrected chi connectivity index (χ1v) is 11.9. The molecule has 1 saturated heterocycles. The Hall–Kier alpha value is -4.27. The summed E-state index contributed by atoms with van der Waals surface area (Å²) in [7, 11) is 0. The molecule has 4 aromatic rings. The molecule has 1 aliphatic rings. The predicted octanol–water partition coefficient (Wildman–Crippen LogP) is 4.33. The summed E-state index contributed by atoms with van der Waals surface area (Å²) in [5.41, 5.74) is 11.3. The van der Waals surface area contributed by atoms with E-state index < -0.39 is 0 Å². The number of anilines is 4. The number of nitrogens with one attached hydrogen (secondary N) is 2. The molecule has 1 aromatic heterocycles. The lowest BCUT2D eigenvalue weighted by molar-refractivity contribution is -0.111. The van der Waals surface area contributed by atoms with Gasteiger partial charge in [-0.1, -0.05) is 36.9 Å². The number of morpholine rings is 1. The standard InChI is InChI=1S/C28H28N6O2/c1-2-26(35)31-22-7-3-5-19(15-22)25-8-4-6-20-17-30-28(33-27(20)25)32-21-9-11-23(12-10-21)34-13-14-36-18-24(34)16-29/h2-12,15,17,24H,1,13-14,16,18,29H2,(H,31,35)(H,30,32,33)/t24-/m0/s1. The number of aromatic nitrogens is 2. The average Bonchev–Trinajstić information content (AvgIpc) is 2.93. The molecule has 2 heterocycles. The molecule has 8 nitrogen and oxygen atoms in total. The van der Waals surface area contributed by atoms with Crippen LogP contribution in [-0.2, 0) is 9.53 Å². The second kappa shape index (κ2) is 10.6. The molecule has 0 bridgehead atoms. The van der Waals surface area contributed by atoms with E-state index >= 15 is 0 Å². The Morgan fingerprint density at radius 1 is 1.14 bits per heavy atom. The third-order valence-electron chi connectivity index (χ3n) is 6.19. The minimum Gasteiger partial charge on any atom is -0.377 e. The third kappa shape index (κ3) is 5.05. The summed E-state index contributed by atoms with van der Waals surface area (Å²) < 4.78 is 5.56. The van der Waals surface area contributed by atoms with Gasteiger partial charge in [0.15, 0.2) is 0 Å². The van der Waals surface area contributed by atoms with Crippen LogP contribution in [-0.4, -0.2) is 48.2 Å². The fourth-order valence-corrected chi connectivity index (χ4v) is 4.36. The molecule has 0 radical (unpaired) electrons. The first-order valence-electron chi connectivity index (χ1n) is 11.9. The quantitative estimate of drug-likeness (QED) is 0.338. The average molecular weight is 481 g/mol. The highest BCUT2D eigenvalue weighted by molar-refractivity contribution is 6.00. The summed E-state index contributed by atoms with van der Waals surface area (Å²) in [6.45, 7) is 6.23. The minimum absolute atomic E-state index is 0.184. The number of carbonyl (C=O) groups excluding carboxylic acids is 1. The Kier molecular flexibility index (Phi) is 6.88. The second-order valence-electron chi connectivity index (χ2n) is 8.54. The summed E-state index contributed by atoms with van der Waals surface area (Å²) >= 11 is 0. The number of benzene rings is 3. The van der Waals surface area contributed by atoms with Crippen molar-refractivity contribution in [2.24, 2.45) is 5.73 Å². The molecule has 36 heavy (non-hydrogen) atoms. The maximum atomic E-state index is 11.7. The second-order valence-corrected chi connectivity index (χ2v) is 8.54. The van der Waals surface area contributed by atoms with E-state index in [0.717, 1.165) is 39.9 Å². The van der Waals surface area contributed by atoms with E-state index in [4.69, 9.17) is 15.5 Å². The lowest BCUT2D eigenvalue weighted by Gasteiger charge is -2.36. The van der Waals surface area contributed by atoms with E-state index in [9.17, 15) is 4.79 Å². The molecule has 1 atom stereocenters. The Bertz CT molecular complexity index is 1390. The van der Waals surface area contributed by atoms with Gasteiger partial charge in [0.25, 0.3) is 0 Å². The number of para-hydroxylation sites is 1. The van der Waals surface area contributed by atoms with Gasteiger partial charge in [-0.2, -0.15) is 0 Å². The first-order chi connectivity index (χ1) is 17.6. The molecule has 5 rings (SSSR count). The Labute approximate surface area is 209 Å². The molecular formula is C28H28N6O2. The first kappa shape index (κ1) is 23.5. The van der Waals surface area contributed by atoms with Gasteiger partial charge in [0, 0.05) is 47.3 Å². The molecule has 1 amide bonds. The smallest absolute Gasteiger partial charge is 0.247 e. The topological polar surface area (TPSA) is 105 Å². The molecule has 0 unspecified atom stereocenters. The number of ether oxygens (including phenoxy) is 1. The lowest BCUT2D eigenvalue weighted by atomic mass is 10.0. The number of rotatable bonds is 7. The number of nitrogens with two attached hydrogens (primary N) is 1. The molecular weight excluding hydrogens is 452 g/mol. The van der Waals surface area contributed by atoms with E-state index in [2.05, 4.69) is 39.2 Å². The molecule has 1 fully saturated rings. The van der Waals surface area contributed by atoms with Crippen molar-refractivity contribution in [2.45, 2.75) is 6.04 Å². The predicted molar refractivity (Wildman–Crippen MR) is 145 cm³/mol. The van der Waals surface area contributed by atoms with Gasteiger partial charge in [-0.15, -0.1) is 0 Å². The SMILES string of the molecule is C=CC(=O)Nc1cccc(-c2cccc3cnc(Nc4ccc(N5CCOC[C@@H]5CN)cc4)nc23)c1. The Balaban J connectivity index is 1.40. The highest BCUT2D eigenvalue weighted by Crippen LogP contribution is 2.30. The van der Waals surface area contributed by atoms with E-state index in [-0.39, 0.29) is 11.9 Å². The van der Waals surface area contributed by atoms with Crippen LogP contribution in [0.3, 0.4) is 0 Å². The van der Waals surface area contributed by atoms with Crippen LogP contribution in [0, 0.1) is 0 Å². The summed E-state index contributed by atoms with van der Waals surface area (Å²) in [6, 6.07) is 22.0. The number of carbonyl (C=O) groups is 1. The lowest BCUT2D eigenvalue weighted by Crippen LogP contribution is -2.49. The van der Waals surface area contributed by atoms with Crippen LogP contribution in [0.15, 0.2) is 85.6 Å². The Morgan fingerprint density at radius 2 is 1.97 bits per heavy atom. The molecule has 4 N–H and O–H groups in total. The van der Waals surface area contributed by atoms with Crippen molar-refractivity contribution in [2.75, 3.05) is 41.8 Å². The van der Waals surface area contributed by atoms with Crippen LogP contribution in [0.1, 0.15) is 0 Å². The maximum Gasteiger partial charge on any atom is 0.247 e. The molecule has 3 aromatic carbocycles. The zero-order valence-corrected chi connectivity index (χ0v) is 19.9. The van der Waals surface area contributed by atoms with Crippen LogP contribution < -0.4 is 21.3 Å². The molecule has 0 saturated carbocycles. The highest BCUT2D eigenvalue weighted by atomic mass is 16.5. The highest BCUT2D eigenvalue weighted by Gasteiger charge is 2.21. The van der Waals surface area contributed by atoms with Crippen molar-refractivity contribution in [1.29, 1.82) is 0 Å². The zero-order chi connectivity index (χ0) is 24.9. The van der Waals surface area contributed by atoms with Gasteiger partial charge in [0.1, 0.15) is 0 Å². The summed E-state index contributed by atoms with van der Waals surface area (Å²) in [4.78, 5) is 23.4. The van der Waals surface area contributed by atoms with Gasteiger partial charge in [-0.25, -0.2) is 9.97 Å². The number of nitrogens with zero attached hydrogens (tertiary/aromatic N) is 3. The van der Waals surface area contributed by atoms with E-state index in [1.54, 1.807) is 0 Å². The van der Waals surface area contributed by atoms with Crippen molar-refractivity contribution in [3.8, 4) is 11.1 Å². The number of amides is 1. The third-order valence-corrected chi connectivity index (χ3v) is 6.19. The van der Waals surface area contributed by atoms with E-state index in [1.807, 2.05) is 60.8 Å². The van der Waals surface area contributed by atoms with E-state index in [1.165, 1.54) is 6.08 Å². The minimum atomic E-state index is -0.253. The van der Waals surface area contributed by atoms with Gasteiger partial charge in [0.05, 0.1) is 24.8 Å². The van der Waals surface area contributed by atoms with Gasteiger partial charge in [-0.3, -0.25) is 4.79 Å². The van der Waals surface area contributed by atoms with Crippen molar-refractivity contribution < 1.29 is 9.53 Å². The monoisotopic (exact) mass is 480 g/mol.